The zero-order valence-corrected chi connectivity index (χ0v) is 20.9. The van der Waals surface area contributed by atoms with Crippen LogP contribution in [0.2, 0.25) is 0 Å². The van der Waals surface area contributed by atoms with Gasteiger partial charge in [0.15, 0.2) is 0 Å². The van der Waals surface area contributed by atoms with Crippen molar-refractivity contribution in [1.82, 2.24) is 15.5 Å². The highest BCUT2D eigenvalue weighted by atomic mass is 127. The summed E-state index contributed by atoms with van der Waals surface area (Å²) in [7, 11) is 0. The van der Waals surface area contributed by atoms with Crippen molar-refractivity contribution in [3.8, 4) is 0 Å². The third-order valence-electron chi connectivity index (χ3n) is 4.78. The Morgan fingerprint density at radius 3 is 2.42 bits per heavy atom. The molecule has 1 fully saturated rings. The average Bonchev–Trinajstić information content (AvgIpc) is 3.19. The van der Waals surface area contributed by atoms with Gasteiger partial charge in [-0.25, -0.2) is 0 Å². The second-order valence-corrected chi connectivity index (χ2v) is 9.41. The van der Waals surface area contributed by atoms with Gasteiger partial charge in [-0.3, -0.25) is 19.2 Å². The lowest BCUT2D eigenvalue weighted by Gasteiger charge is -2.28. The lowest BCUT2D eigenvalue weighted by molar-refractivity contribution is -0.141. The summed E-state index contributed by atoms with van der Waals surface area (Å²) in [5.41, 5.74) is 6.83. The summed E-state index contributed by atoms with van der Waals surface area (Å²) in [6, 6.07) is 0.351. The van der Waals surface area contributed by atoms with Gasteiger partial charge in [-0.05, 0) is 77.1 Å². The number of nitrogen functional groups attached to an aromatic ring is 1. The molecule has 3 amide bonds. The fourth-order valence-electron chi connectivity index (χ4n) is 3.21. The zero-order valence-electron chi connectivity index (χ0n) is 16.6. The standard InChI is InChI=1S/C19H22I2N4O6/c1-9(23-17(29)10-5-12(20)16(22)13(21)6-10)19(31)25-4-2-3-14(25)18(30)24-11(8-26)7-15(27)28/h5-6,8-9,11,14H,2-4,7,22H2,1H3,(H,23,29)(H,24,30)(H,27,28). The molecule has 10 nitrogen and oxygen atoms in total. The number of nitrogens with zero attached hydrogens (tertiary/aromatic N) is 1. The Morgan fingerprint density at radius 1 is 1.26 bits per heavy atom. The van der Waals surface area contributed by atoms with E-state index in [-0.39, 0.29) is 0 Å². The van der Waals surface area contributed by atoms with Crippen LogP contribution in [0, 0.1) is 7.14 Å². The van der Waals surface area contributed by atoms with Crippen LogP contribution in [0.25, 0.3) is 0 Å². The van der Waals surface area contributed by atoms with Crippen LogP contribution in [0.5, 0.6) is 0 Å². The van der Waals surface area contributed by atoms with E-state index in [2.05, 4.69) is 10.6 Å². The first-order valence-electron chi connectivity index (χ1n) is 9.38. The summed E-state index contributed by atoms with van der Waals surface area (Å²) < 4.78 is 1.44. The number of carboxylic acid groups (broad SMARTS) is 1. The van der Waals surface area contributed by atoms with Crippen molar-refractivity contribution in [2.24, 2.45) is 0 Å². The van der Waals surface area contributed by atoms with E-state index in [0.717, 1.165) is 7.14 Å². The maximum absolute atomic E-state index is 12.9. The molecule has 0 spiro atoms. The molecule has 0 radical (unpaired) electrons. The molecular formula is C19H22I2N4O6. The number of hydrogen-bond donors (Lipinski definition) is 4. The van der Waals surface area contributed by atoms with Gasteiger partial charge >= 0.3 is 5.97 Å². The third-order valence-corrected chi connectivity index (χ3v) is 6.57. The summed E-state index contributed by atoms with van der Waals surface area (Å²) >= 11 is 4.05. The van der Waals surface area contributed by atoms with Crippen molar-refractivity contribution in [2.75, 3.05) is 12.3 Å². The number of aldehydes is 1. The average molecular weight is 656 g/mol. The van der Waals surface area contributed by atoms with Gasteiger partial charge < -0.3 is 31.2 Å². The molecule has 0 aromatic heterocycles. The molecule has 168 valence electrons. The molecule has 1 aromatic carbocycles. The van der Waals surface area contributed by atoms with E-state index in [4.69, 9.17) is 10.8 Å². The molecule has 1 aliphatic rings. The summed E-state index contributed by atoms with van der Waals surface area (Å²) in [4.78, 5) is 61.2. The summed E-state index contributed by atoms with van der Waals surface area (Å²) in [6.07, 6.45) is 0.766. The van der Waals surface area contributed by atoms with E-state index in [9.17, 15) is 24.0 Å². The first kappa shape index (κ1) is 25.3. The predicted octanol–water partition coefficient (Wildman–Crippen LogP) is 0.746. The Balaban J connectivity index is 2.05. The number of halogens is 2. The van der Waals surface area contributed by atoms with Gasteiger partial charge in [0.05, 0.1) is 18.2 Å². The second kappa shape index (κ2) is 11.1. The molecule has 1 aromatic rings. The monoisotopic (exact) mass is 656 g/mol. The molecule has 1 saturated heterocycles. The van der Waals surface area contributed by atoms with Crippen molar-refractivity contribution < 1.29 is 29.1 Å². The number of nitrogens with two attached hydrogens (primary N) is 1. The van der Waals surface area contributed by atoms with Crippen LogP contribution in [0.15, 0.2) is 12.1 Å². The highest BCUT2D eigenvalue weighted by Crippen LogP contribution is 2.24. The largest absolute Gasteiger partial charge is 0.481 e. The van der Waals surface area contributed by atoms with Crippen LogP contribution in [-0.2, 0) is 19.2 Å². The van der Waals surface area contributed by atoms with Crippen LogP contribution in [0.3, 0.4) is 0 Å². The van der Waals surface area contributed by atoms with Gasteiger partial charge in [0.2, 0.25) is 11.8 Å². The molecule has 0 aliphatic carbocycles. The molecule has 2 rings (SSSR count). The minimum atomic E-state index is -1.22. The molecule has 31 heavy (non-hydrogen) atoms. The van der Waals surface area contributed by atoms with E-state index in [0.29, 0.717) is 36.9 Å². The fourth-order valence-corrected chi connectivity index (χ4v) is 4.98. The van der Waals surface area contributed by atoms with Gasteiger partial charge in [0, 0.05) is 19.2 Å². The summed E-state index contributed by atoms with van der Waals surface area (Å²) in [6.45, 7) is 1.85. The van der Waals surface area contributed by atoms with E-state index in [1.807, 2.05) is 45.2 Å². The Morgan fingerprint density at radius 2 is 1.87 bits per heavy atom. The number of carboxylic acids is 1. The SMILES string of the molecule is CC(NC(=O)c1cc(I)c(N)c(I)c1)C(=O)N1CCCC1C(=O)NC(C=O)CC(=O)O. The molecule has 3 unspecified atom stereocenters. The van der Waals surface area contributed by atoms with Crippen molar-refractivity contribution >= 4 is 80.8 Å². The number of anilines is 1. The second-order valence-electron chi connectivity index (χ2n) is 7.09. The highest BCUT2D eigenvalue weighted by Gasteiger charge is 2.37. The number of aliphatic carboxylic acids is 1. The number of amides is 3. The number of nitrogens with one attached hydrogen (secondary N) is 2. The van der Waals surface area contributed by atoms with Gasteiger partial charge in [-0.2, -0.15) is 0 Å². The zero-order chi connectivity index (χ0) is 23.3. The minimum Gasteiger partial charge on any atom is -0.481 e. The Kier molecular flexibility index (Phi) is 9.02. The molecule has 0 saturated carbocycles. The van der Waals surface area contributed by atoms with Crippen LogP contribution < -0.4 is 16.4 Å². The van der Waals surface area contributed by atoms with Crippen molar-refractivity contribution in [3.05, 3.63) is 24.8 Å². The van der Waals surface area contributed by atoms with Gasteiger partial charge in [-0.1, -0.05) is 0 Å². The fraction of sp³-hybridized carbons (Fsp3) is 0.421. The minimum absolute atomic E-state index is 0.319. The first-order chi connectivity index (χ1) is 14.5. The highest BCUT2D eigenvalue weighted by molar-refractivity contribution is 14.1. The lowest BCUT2D eigenvalue weighted by atomic mass is 10.1. The van der Waals surface area contributed by atoms with Crippen LogP contribution in [0.4, 0.5) is 5.69 Å². The maximum Gasteiger partial charge on any atom is 0.305 e. The van der Waals surface area contributed by atoms with Gasteiger partial charge in [-0.15, -0.1) is 0 Å². The number of likely N-dealkylation sites (tertiary alicyclic amines) is 1. The topological polar surface area (TPSA) is 159 Å². The molecule has 5 N–H and O–H groups in total. The third kappa shape index (κ3) is 6.51. The number of carbonyl (C=O) groups is 5. The lowest BCUT2D eigenvalue weighted by Crippen LogP contribution is -2.54. The van der Waals surface area contributed by atoms with E-state index >= 15 is 0 Å². The molecule has 1 heterocycles. The number of rotatable bonds is 8. The Labute approximate surface area is 205 Å². The molecular weight excluding hydrogens is 634 g/mol. The number of hydrogen-bond acceptors (Lipinski definition) is 6. The van der Waals surface area contributed by atoms with Gasteiger partial charge in [0.1, 0.15) is 18.4 Å². The number of benzene rings is 1. The van der Waals surface area contributed by atoms with E-state index < -0.39 is 48.2 Å². The van der Waals surface area contributed by atoms with E-state index in [1.165, 1.54) is 11.8 Å². The first-order valence-corrected chi connectivity index (χ1v) is 11.5. The Bertz CT molecular complexity index is 886. The van der Waals surface area contributed by atoms with Crippen molar-refractivity contribution in [2.45, 2.75) is 44.3 Å². The predicted molar refractivity (Wildman–Crippen MR) is 128 cm³/mol. The van der Waals surface area contributed by atoms with Crippen LogP contribution in [0.1, 0.15) is 36.5 Å². The van der Waals surface area contributed by atoms with Crippen LogP contribution in [-0.4, -0.2) is 64.7 Å². The number of carbonyl (C=O) groups excluding carboxylic acids is 4. The summed E-state index contributed by atoms with van der Waals surface area (Å²) in [5.74, 6) is -2.70. The maximum atomic E-state index is 12.9. The van der Waals surface area contributed by atoms with Crippen molar-refractivity contribution in [1.29, 1.82) is 0 Å². The molecule has 0 bridgehead atoms. The smallest absolute Gasteiger partial charge is 0.305 e. The molecule has 3 atom stereocenters. The van der Waals surface area contributed by atoms with E-state index in [1.54, 1.807) is 12.1 Å². The van der Waals surface area contributed by atoms with Crippen molar-refractivity contribution in [3.63, 3.8) is 0 Å². The van der Waals surface area contributed by atoms with Gasteiger partial charge in [0.25, 0.3) is 5.91 Å². The molecule has 12 heteroatoms. The van der Waals surface area contributed by atoms with Crippen LogP contribution >= 0.6 is 45.2 Å². The quantitative estimate of drug-likeness (QED) is 0.183. The Hall–Kier alpha value is -1.97. The summed E-state index contributed by atoms with van der Waals surface area (Å²) in [5, 5.41) is 13.8. The normalized spacial score (nSPS) is 17.5. The molecule has 1 aliphatic heterocycles.